The monoisotopic (exact) mass is 648 g/mol. The van der Waals surface area contributed by atoms with Gasteiger partial charge in [-0.15, -0.1) is 18.3 Å². The highest BCUT2D eigenvalue weighted by Gasteiger charge is 2.33. The van der Waals surface area contributed by atoms with Gasteiger partial charge in [0.25, 0.3) is 0 Å². The Bertz CT molecular complexity index is 1800. The van der Waals surface area contributed by atoms with E-state index < -0.39 is 12.4 Å². The number of rotatable bonds is 8. The lowest BCUT2D eigenvalue weighted by molar-refractivity contribution is -0.274. The Kier molecular flexibility index (Phi) is 9.61. The minimum absolute atomic E-state index is 0.121. The van der Waals surface area contributed by atoms with Crippen LogP contribution < -0.4 is 15.0 Å². The topological polar surface area (TPSA) is 102 Å². The maximum atomic E-state index is 12.9. The molecule has 1 aliphatic rings. The first kappa shape index (κ1) is 32.5. The molecule has 13 heteroatoms. The lowest BCUT2D eigenvalue weighted by atomic mass is 9.99. The van der Waals surface area contributed by atoms with Gasteiger partial charge in [0.15, 0.2) is 11.0 Å². The molecule has 1 fully saturated rings. The first-order valence-electron chi connectivity index (χ1n) is 14.4. The number of alkyl halides is 3. The average Bonchev–Trinajstić information content (AvgIpc) is 3.62. The number of nitrogens with zero attached hydrogens (tertiary/aromatic N) is 5. The number of benzene rings is 3. The van der Waals surface area contributed by atoms with E-state index in [-0.39, 0.29) is 29.4 Å². The van der Waals surface area contributed by atoms with E-state index in [1.165, 1.54) is 51.9 Å². The molecule has 3 aromatic carbocycles. The summed E-state index contributed by atoms with van der Waals surface area (Å²) in [5.74, 6) is 0.363. The maximum absolute atomic E-state index is 12.9. The van der Waals surface area contributed by atoms with Gasteiger partial charge in [-0.05, 0) is 72.9 Å². The molecule has 9 nitrogen and oxygen atoms in total. The van der Waals surface area contributed by atoms with Gasteiger partial charge in [0, 0.05) is 11.6 Å². The van der Waals surface area contributed by atoms with Crippen molar-refractivity contribution in [3.05, 3.63) is 95.8 Å². The summed E-state index contributed by atoms with van der Waals surface area (Å²) in [5, 5.41) is 7.63. The molecule has 1 atom stereocenters. The zero-order valence-corrected chi connectivity index (χ0v) is 26.3. The first-order valence-corrected chi connectivity index (χ1v) is 15.4. The van der Waals surface area contributed by atoms with Crippen LogP contribution in [0.1, 0.15) is 43.4 Å². The van der Waals surface area contributed by atoms with Crippen LogP contribution >= 0.6 is 11.8 Å². The van der Waals surface area contributed by atoms with Gasteiger partial charge in [-0.3, -0.25) is 9.69 Å². The quantitative estimate of drug-likeness (QED) is 0.212. The number of hydrogen-bond donors (Lipinski definition) is 1. The molecular weight excluding hydrogens is 617 g/mol. The van der Waals surface area contributed by atoms with Crippen molar-refractivity contribution in [1.29, 1.82) is 0 Å². The zero-order chi connectivity index (χ0) is 33.0. The van der Waals surface area contributed by atoms with Crippen LogP contribution in [0.5, 0.6) is 5.75 Å². The predicted molar refractivity (Wildman–Crippen MR) is 173 cm³/mol. The highest BCUT2D eigenvalue weighted by atomic mass is 32.2. The Morgan fingerprint density at radius 2 is 1.85 bits per heavy atom. The highest BCUT2D eigenvalue weighted by Crippen LogP contribution is 2.34. The molecular formula is C33H31F3N6O3S. The van der Waals surface area contributed by atoms with Crippen molar-refractivity contribution in [3.8, 4) is 22.8 Å². The Labute approximate surface area is 268 Å². The number of aryl methyl sites for hydroxylation is 1. The van der Waals surface area contributed by atoms with Crippen molar-refractivity contribution < 1.29 is 27.5 Å². The van der Waals surface area contributed by atoms with Gasteiger partial charge in [0.05, 0.1) is 17.1 Å². The number of aliphatic imine (C=N–C) groups is 1. The molecule has 0 spiro atoms. The third-order valence-corrected chi connectivity index (χ3v) is 7.83. The van der Waals surface area contributed by atoms with Crippen LogP contribution in [-0.4, -0.2) is 50.0 Å². The van der Waals surface area contributed by atoms with E-state index in [4.69, 9.17) is 0 Å². The molecule has 0 aliphatic carbocycles. The van der Waals surface area contributed by atoms with Crippen molar-refractivity contribution in [2.75, 3.05) is 10.7 Å². The first-order chi connectivity index (χ1) is 21.9. The van der Waals surface area contributed by atoms with E-state index in [1.807, 2.05) is 68.5 Å². The van der Waals surface area contributed by atoms with Gasteiger partial charge in [-0.1, -0.05) is 68.1 Å². The number of hydrogen-bond acceptors (Lipinski definition) is 6. The Hall–Kier alpha value is -4.91. The highest BCUT2D eigenvalue weighted by molar-refractivity contribution is 8.15. The van der Waals surface area contributed by atoms with Crippen LogP contribution in [0.4, 0.5) is 23.7 Å². The van der Waals surface area contributed by atoms with E-state index in [1.54, 1.807) is 0 Å². The predicted octanol–water partition coefficient (Wildman–Crippen LogP) is 7.51. The van der Waals surface area contributed by atoms with E-state index in [0.29, 0.717) is 16.7 Å². The molecule has 1 aromatic heterocycles. The molecule has 238 valence electrons. The summed E-state index contributed by atoms with van der Waals surface area (Å²) in [6.45, 7) is 7.89. The molecule has 2 heterocycles. The minimum Gasteiger partial charge on any atom is -0.406 e. The summed E-state index contributed by atoms with van der Waals surface area (Å²) in [4.78, 5) is 35.8. The fourth-order valence-electron chi connectivity index (χ4n) is 4.74. The number of amidine groups is 1. The van der Waals surface area contributed by atoms with Gasteiger partial charge >= 0.3 is 12.4 Å². The average molecular weight is 649 g/mol. The maximum Gasteiger partial charge on any atom is 0.573 e. The molecule has 4 aromatic rings. The molecule has 5 rings (SSSR count). The molecule has 1 aliphatic heterocycles. The fourth-order valence-corrected chi connectivity index (χ4v) is 5.59. The molecule has 1 saturated heterocycles. The number of carbonyl (C=O) groups is 2. The third kappa shape index (κ3) is 8.02. The van der Waals surface area contributed by atoms with Gasteiger partial charge in [-0.25, -0.2) is 14.5 Å². The summed E-state index contributed by atoms with van der Waals surface area (Å²) >= 11 is 1.23. The molecule has 0 radical (unpaired) electrons. The van der Waals surface area contributed by atoms with Crippen LogP contribution in [0.15, 0.2) is 84.1 Å². The molecule has 0 bridgehead atoms. The number of ether oxygens (including phenoxy) is 1. The van der Waals surface area contributed by atoms with E-state index in [2.05, 4.69) is 39.0 Å². The number of aromatic nitrogens is 3. The molecule has 0 saturated carbocycles. The summed E-state index contributed by atoms with van der Waals surface area (Å²) in [6, 6.07) is 17.8. The number of nitrogens with one attached hydrogen (secondary N) is 1. The van der Waals surface area contributed by atoms with Crippen LogP contribution in [0.3, 0.4) is 0 Å². The Balaban J connectivity index is 1.24. The van der Waals surface area contributed by atoms with Crippen LogP contribution in [0.2, 0.25) is 0 Å². The van der Waals surface area contributed by atoms with Gasteiger partial charge in [-0.2, -0.15) is 4.99 Å². The number of urea groups is 1. The van der Waals surface area contributed by atoms with Crippen molar-refractivity contribution >= 4 is 40.6 Å². The van der Waals surface area contributed by atoms with Crippen LogP contribution in [-0.2, 0) is 4.79 Å². The summed E-state index contributed by atoms with van der Waals surface area (Å²) < 4.78 is 42.7. The Morgan fingerprint density at radius 3 is 2.57 bits per heavy atom. The number of anilines is 1. The third-order valence-electron chi connectivity index (χ3n) is 6.91. The number of thioether (sulfide) groups is 1. The van der Waals surface area contributed by atoms with Crippen LogP contribution in [0.25, 0.3) is 23.2 Å². The van der Waals surface area contributed by atoms with Crippen LogP contribution in [0, 0.1) is 6.92 Å². The van der Waals surface area contributed by atoms with Crippen molar-refractivity contribution in [3.63, 3.8) is 0 Å². The van der Waals surface area contributed by atoms with Crippen molar-refractivity contribution in [2.24, 2.45) is 4.99 Å². The second kappa shape index (κ2) is 13.6. The normalized spacial score (nSPS) is 15.3. The summed E-state index contributed by atoms with van der Waals surface area (Å²) in [7, 11) is 0. The lowest BCUT2D eigenvalue weighted by Gasteiger charge is -2.22. The molecule has 1 unspecified atom stereocenters. The number of carbonyl (C=O) groups excluding carboxylic acids is 2. The van der Waals surface area contributed by atoms with Gasteiger partial charge in [0.1, 0.15) is 12.1 Å². The molecule has 46 heavy (non-hydrogen) atoms. The zero-order valence-electron chi connectivity index (χ0n) is 25.4. The van der Waals surface area contributed by atoms with E-state index in [9.17, 15) is 22.8 Å². The number of halogens is 3. The smallest absolute Gasteiger partial charge is 0.406 e. The van der Waals surface area contributed by atoms with Crippen molar-refractivity contribution in [1.82, 2.24) is 20.1 Å². The van der Waals surface area contributed by atoms with Gasteiger partial charge < -0.3 is 10.1 Å². The summed E-state index contributed by atoms with van der Waals surface area (Å²) in [5.41, 5.74) is 4.83. The molecule has 1 N–H and O–H groups in total. The van der Waals surface area contributed by atoms with E-state index in [0.717, 1.165) is 27.9 Å². The van der Waals surface area contributed by atoms with E-state index >= 15 is 0 Å². The fraction of sp³-hybridized carbons (Fsp3) is 0.242. The van der Waals surface area contributed by atoms with Crippen molar-refractivity contribution in [2.45, 2.75) is 46.0 Å². The SMILES string of the molecule is Cc1ccc(C(C)C)c(N2C(=O)CSC2=NC(=O)NC(C)C=Cc2cccc(-c3ncn(-c4ccc(OC(F)(F)F)cc4)n3)c2)c1. The second-order valence-corrected chi connectivity index (χ2v) is 11.8. The molecule has 3 amide bonds. The Morgan fingerprint density at radius 1 is 1.09 bits per heavy atom. The minimum atomic E-state index is -4.77. The summed E-state index contributed by atoms with van der Waals surface area (Å²) in [6.07, 6.45) is 0.364. The largest absolute Gasteiger partial charge is 0.573 e. The standard InChI is InChI=1S/C33H31F3N6O3S/c1-20(2)27-15-8-21(3)16-28(27)42-29(43)18-46-32(42)39-31(44)38-22(4)9-10-23-6-5-7-24(17-23)30-37-19-41(40-30)25-11-13-26(14-12-25)45-33(34,35)36/h5-17,19-20,22H,18H2,1-4H3,(H,38,44). The lowest BCUT2D eigenvalue weighted by Crippen LogP contribution is -2.34. The number of amides is 3. The van der Waals surface area contributed by atoms with Gasteiger partial charge in [0.2, 0.25) is 5.91 Å². The second-order valence-electron chi connectivity index (χ2n) is 10.9.